The highest BCUT2D eigenvalue weighted by Crippen LogP contribution is 2.35. The van der Waals surface area contributed by atoms with Gasteiger partial charge in [-0.2, -0.15) is 18.2 Å². The average Bonchev–Trinajstić information content (AvgIpc) is 3.25. The van der Waals surface area contributed by atoms with Crippen molar-refractivity contribution in [2.24, 2.45) is 0 Å². The second kappa shape index (κ2) is 11.2. The Morgan fingerprint density at radius 2 is 2.03 bits per heavy atom. The number of hydrogen-bond donors (Lipinski definition) is 2. The number of likely N-dealkylation sites (tertiary alicyclic amines) is 1. The second-order valence-electron chi connectivity index (χ2n) is 8.88. The van der Waals surface area contributed by atoms with Crippen molar-refractivity contribution in [3.8, 4) is 5.88 Å². The number of alkyl halides is 3. The summed E-state index contributed by atoms with van der Waals surface area (Å²) in [5.74, 6) is -0.0606. The zero-order chi connectivity index (χ0) is 25.7. The van der Waals surface area contributed by atoms with Gasteiger partial charge >= 0.3 is 12.3 Å². The number of methoxy groups -OCH3 is 1. The molecule has 0 unspecified atom stereocenters. The van der Waals surface area contributed by atoms with Gasteiger partial charge in [-0.3, -0.25) is 4.68 Å². The Kier molecular flexibility index (Phi) is 8.01. The number of nitrogens with one attached hydrogen (secondary N) is 2. The minimum absolute atomic E-state index is 0.0219. The Bertz CT molecular complexity index is 1040. The number of piperidine rings is 1. The molecule has 14 heteroatoms. The van der Waals surface area contributed by atoms with Gasteiger partial charge < -0.3 is 29.9 Å². The molecule has 2 aliphatic heterocycles. The molecule has 2 fully saturated rings. The van der Waals surface area contributed by atoms with Crippen LogP contribution in [0.5, 0.6) is 5.88 Å². The van der Waals surface area contributed by atoms with E-state index >= 15 is 0 Å². The van der Waals surface area contributed by atoms with Crippen LogP contribution in [0.4, 0.5) is 35.4 Å². The van der Waals surface area contributed by atoms with Crippen LogP contribution in [0.3, 0.4) is 0 Å². The number of cyclic esters (lactones) is 1. The Balaban J connectivity index is 1.45. The van der Waals surface area contributed by atoms with Gasteiger partial charge in [-0.05, 0) is 45.8 Å². The van der Waals surface area contributed by atoms with Crippen LogP contribution in [-0.2, 0) is 10.9 Å². The second-order valence-corrected chi connectivity index (χ2v) is 8.88. The molecule has 36 heavy (non-hydrogen) atoms. The Hall–Kier alpha value is -3.29. The topological polar surface area (TPSA) is 110 Å². The molecule has 1 amide bonds. The summed E-state index contributed by atoms with van der Waals surface area (Å²) in [7, 11) is 3.55. The summed E-state index contributed by atoms with van der Waals surface area (Å²) in [6, 6.07) is 0.202. The molecule has 2 aromatic heterocycles. The van der Waals surface area contributed by atoms with E-state index in [-0.39, 0.29) is 24.4 Å². The van der Waals surface area contributed by atoms with Gasteiger partial charge in [0.2, 0.25) is 5.95 Å². The first kappa shape index (κ1) is 25.8. The van der Waals surface area contributed by atoms with E-state index < -0.39 is 17.8 Å². The SMILES string of the molecule is COc1nn(C2CCN(C)CC2)cc1Nc1ncc(C(F)(F)F)c(NCCCN2CCCOC2=O)n1. The largest absolute Gasteiger partial charge is 0.478 e. The Morgan fingerprint density at radius 3 is 2.72 bits per heavy atom. The number of carbonyl (C=O) groups excluding carboxylic acids is 1. The summed E-state index contributed by atoms with van der Waals surface area (Å²) in [6.07, 6.45) is 0.497. The lowest BCUT2D eigenvalue weighted by Crippen LogP contribution is -2.38. The third-order valence-corrected chi connectivity index (χ3v) is 6.25. The lowest BCUT2D eigenvalue weighted by atomic mass is 10.1. The average molecular weight is 513 g/mol. The van der Waals surface area contributed by atoms with Crippen LogP contribution in [0.2, 0.25) is 0 Å². The van der Waals surface area contributed by atoms with E-state index in [1.807, 2.05) is 4.68 Å². The molecular formula is C22H31F3N8O3. The fourth-order valence-electron chi connectivity index (χ4n) is 4.24. The van der Waals surface area contributed by atoms with Gasteiger partial charge in [0, 0.05) is 25.8 Å². The number of carbonyl (C=O) groups is 1. The van der Waals surface area contributed by atoms with Crippen molar-refractivity contribution in [2.75, 3.05) is 64.1 Å². The molecule has 0 radical (unpaired) electrons. The number of rotatable bonds is 9. The number of halogens is 3. The minimum atomic E-state index is -4.63. The highest BCUT2D eigenvalue weighted by molar-refractivity contribution is 5.68. The zero-order valence-electron chi connectivity index (χ0n) is 20.3. The molecule has 2 saturated heterocycles. The molecule has 0 atom stereocenters. The number of hydrogen-bond acceptors (Lipinski definition) is 9. The summed E-state index contributed by atoms with van der Waals surface area (Å²) in [4.78, 5) is 23.5. The lowest BCUT2D eigenvalue weighted by molar-refractivity contribution is -0.137. The van der Waals surface area contributed by atoms with Gasteiger partial charge in [0.05, 0.1) is 26.0 Å². The van der Waals surface area contributed by atoms with Crippen molar-refractivity contribution >= 4 is 23.5 Å². The summed E-state index contributed by atoms with van der Waals surface area (Å²) in [5.41, 5.74) is -0.509. The van der Waals surface area contributed by atoms with Crippen LogP contribution >= 0.6 is 0 Å². The molecule has 0 aromatic carbocycles. The summed E-state index contributed by atoms with van der Waals surface area (Å²) in [6.45, 7) is 3.41. The fourth-order valence-corrected chi connectivity index (χ4v) is 4.24. The molecular weight excluding hydrogens is 481 g/mol. The quantitative estimate of drug-likeness (QED) is 0.489. The van der Waals surface area contributed by atoms with E-state index in [9.17, 15) is 18.0 Å². The monoisotopic (exact) mass is 512 g/mol. The minimum Gasteiger partial charge on any atom is -0.478 e. The lowest BCUT2D eigenvalue weighted by Gasteiger charge is -2.28. The maximum absolute atomic E-state index is 13.6. The van der Waals surface area contributed by atoms with Crippen molar-refractivity contribution < 1.29 is 27.4 Å². The van der Waals surface area contributed by atoms with Crippen LogP contribution in [0.25, 0.3) is 0 Å². The molecule has 198 valence electrons. The van der Waals surface area contributed by atoms with Gasteiger partial charge in [0.25, 0.3) is 5.88 Å². The highest BCUT2D eigenvalue weighted by Gasteiger charge is 2.35. The van der Waals surface area contributed by atoms with Crippen LogP contribution in [0.15, 0.2) is 12.4 Å². The predicted octanol–water partition coefficient (Wildman–Crippen LogP) is 3.36. The normalized spacial score (nSPS) is 17.7. The first-order valence-corrected chi connectivity index (χ1v) is 11.9. The number of aromatic nitrogens is 4. The van der Waals surface area contributed by atoms with E-state index in [2.05, 4.69) is 37.6 Å². The fraction of sp³-hybridized carbons (Fsp3) is 0.636. The number of amides is 1. The van der Waals surface area contributed by atoms with Crippen molar-refractivity contribution in [1.29, 1.82) is 0 Å². The smallest absolute Gasteiger partial charge is 0.421 e. The van der Waals surface area contributed by atoms with E-state index in [0.29, 0.717) is 37.7 Å². The van der Waals surface area contributed by atoms with Crippen LogP contribution in [0, 0.1) is 0 Å². The number of anilines is 3. The first-order valence-electron chi connectivity index (χ1n) is 11.9. The van der Waals surface area contributed by atoms with Crippen molar-refractivity contribution in [3.63, 3.8) is 0 Å². The van der Waals surface area contributed by atoms with E-state index in [1.165, 1.54) is 12.0 Å². The Morgan fingerprint density at radius 1 is 1.25 bits per heavy atom. The standard InChI is InChI=1S/C22H31F3N8O3/c1-31-10-5-15(6-11-31)33-14-17(19(30-33)35-2)28-20-27-13-16(22(23,24)25)18(29-20)26-7-3-8-32-9-4-12-36-21(32)34/h13-15H,3-12H2,1-2H3,(H2,26,27,28,29). The van der Waals surface area contributed by atoms with Crippen molar-refractivity contribution in [1.82, 2.24) is 29.5 Å². The molecule has 0 spiro atoms. The van der Waals surface area contributed by atoms with Gasteiger partial charge in [-0.15, -0.1) is 5.10 Å². The third-order valence-electron chi connectivity index (χ3n) is 6.25. The molecule has 4 rings (SSSR count). The molecule has 2 aliphatic rings. The maximum Gasteiger partial charge on any atom is 0.421 e. The molecule has 0 bridgehead atoms. The van der Waals surface area contributed by atoms with Gasteiger partial charge in [0.1, 0.15) is 17.1 Å². The van der Waals surface area contributed by atoms with Crippen molar-refractivity contribution in [3.05, 3.63) is 18.0 Å². The molecule has 0 saturated carbocycles. The summed E-state index contributed by atoms with van der Waals surface area (Å²) >= 11 is 0. The predicted molar refractivity (Wildman–Crippen MR) is 126 cm³/mol. The van der Waals surface area contributed by atoms with Crippen LogP contribution in [-0.4, -0.2) is 89.1 Å². The van der Waals surface area contributed by atoms with E-state index in [1.54, 1.807) is 6.20 Å². The number of nitrogens with zero attached hydrogens (tertiary/aromatic N) is 6. The van der Waals surface area contributed by atoms with E-state index in [4.69, 9.17) is 9.47 Å². The van der Waals surface area contributed by atoms with Gasteiger partial charge in [-0.25, -0.2) is 9.78 Å². The van der Waals surface area contributed by atoms with E-state index in [0.717, 1.165) is 38.5 Å². The molecule has 11 nitrogen and oxygen atoms in total. The molecule has 2 aromatic rings. The van der Waals surface area contributed by atoms with Crippen LogP contribution < -0.4 is 15.4 Å². The summed E-state index contributed by atoms with van der Waals surface area (Å²) < 4.78 is 52.9. The summed E-state index contributed by atoms with van der Waals surface area (Å²) in [5, 5.41) is 10.2. The van der Waals surface area contributed by atoms with Gasteiger partial charge in [-0.1, -0.05) is 0 Å². The first-order chi connectivity index (χ1) is 17.2. The number of ether oxygens (including phenoxy) is 2. The van der Waals surface area contributed by atoms with Gasteiger partial charge in [0.15, 0.2) is 0 Å². The Labute approximate surface area is 207 Å². The third kappa shape index (κ3) is 6.28. The maximum atomic E-state index is 13.6. The highest BCUT2D eigenvalue weighted by atomic mass is 19.4. The van der Waals surface area contributed by atoms with Crippen molar-refractivity contribution in [2.45, 2.75) is 37.9 Å². The zero-order valence-corrected chi connectivity index (χ0v) is 20.3. The molecule has 2 N–H and O–H groups in total. The molecule has 0 aliphatic carbocycles. The molecule has 4 heterocycles. The van der Waals surface area contributed by atoms with Crippen LogP contribution in [0.1, 0.15) is 37.3 Å².